The number of rotatable bonds is 7. The van der Waals surface area contributed by atoms with Crippen LogP contribution in [0.25, 0.3) is 0 Å². The van der Waals surface area contributed by atoms with Crippen molar-refractivity contribution in [1.82, 2.24) is 10.2 Å². The van der Waals surface area contributed by atoms with E-state index in [-0.39, 0.29) is 48.7 Å². The highest BCUT2D eigenvalue weighted by molar-refractivity contribution is 5.89. The van der Waals surface area contributed by atoms with Crippen molar-refractivity contribution >= 4 is 11.8 Å². The van der Waals surface area contributed by atoms with Crippen LogP contribution in [-0.4, -0.2) is 66.7 Å². The summed E-state index contributed by atoms with van der Waals surface area (Å²) in [4.78, 5) is 27.3. The molecular formula is C21H34F2N2O4. The second-order valence-electron chi connectivity index (χ2n) is 9.18. The average Bonchev–Trinajstić information content (AvgIpc) is 3.01. The summed E-state index contributed by atoms with van der Waals surface area (Å²) < 4.78 is 38.5. The number of fused-ring (bicyclic) bond motifs is 2. The molecule has 29 heavy (non-hydrogen) atoms. The van der Waals surface area contributed by atoms with Gasteiger partial charge in [0.2, 0.25) is 17.7 Å². The van der Waals surface area contributed by atoms with Gasteiger partial charge in [0, 0.05) is 38.5 Å². The zero-order valence-corrected chi connectivity index (χ0v) is 17.7. The Balaban J connectivity index is 1.59. The Hall–Kier alpha value is -1.28. The first-order chi connectivity index (χ1) is 13.6. The summed E-state index contributed by atoms with van der Waals surface area (Å²) in [5.41, 5.74) is 0. The number of hydrogen-bond acceptors (Lipinski definition) is 4. The molecule has 2 amide bonds. The van der Waals surface area contributed by atoms with Crippen LogP contribution < -0.4 is 5.32 Å². The quantitative estimate of drug-likeness (QED) is 0.693. The standard InChI is InChI=1S/C21H34F2N2O4/c1-13(2)19(26)24-18(20(27)25-10-16-4-5-17(11-25)29-16)14(3)28-12-15-6-8-21(22,23)9-7-15/h13-18H,4-12H2,1-3H3,(H,24,26). The summed E-state index contributed by atoms with van der Waals surface area (Å²) in [5, 5.41) is 2.85. The molecule has 166 valence electrons. The summed E-state index contributed by atoms with van der Waals surface area (Å²) in [6.07, 6.45) is 2.13. The first-order valence-corrected chi connectivity index (χ1v) is 10.9. The van der Waals surface area contributed by atoms with Crippen LogP contribution in [-0.2, 0) is 19.1 Å². The largest absolute Gasteiger partial charge is 0.376 e. The lowest BCUT2D eigenvalue weighted by molar-refractivity contribution is -0.149. The van der Waals surface area contributed by atoms with Crippen LogP contribution in [0.3, 0.4) is 0 Å². The Morgan fingerprint density at radius 3 is 2.24 bits per heavy atom. The van der Waals surface area contributed by atoms with Crippen LogP contribution in [0.2, 0.25) is 0 Å². The molecule has 2 heterocycles. The second-order valence-corrected chi connectivity index (χ2v) is 9.18. The lowest BCUT2D eigenvalue weighted by Gasteiger charge is -2.36. The Morgan fingerprint density at radius 1 is 1.10 bits per heavy atom. The average molecular weight is 417 g/mol. The molecule has 1 N–H and O–H groups in total. The van der Waals surface area contributed by atoms with Gasteiger partial charge in [-0.2, -0.15) is 0 Å². The minimum atomic E-state index is -2.57. The molecule has 4 unspecified atom stereocenters. The van der Waals surface area contributed by atoms with E-state index in [0.717, 1.165) is 12.8 Å². The Kier molecular flexibility index (Phi) is 7.14. The third-order valence-electron chi connectivity index (χ3n) is 6.34. The van der Waals surface area contributed by atoms with Gasteiger partial charge in [0.05, 0.1) is 18.3 Å². The van der Waals surface area contributed by atoms with Crippen LogP contribution in [0.1, 0.15) is 59.3 Å². The molecule has 0 aromatic rings. The molecule has 0 aromatic heterocycles. The molecule has 2 saturated heterocycles. The third-order valence-corrected chi connectivity index (χ3v) is 6.34. The fourth-order valence-electron chi connectivity index (χ4n) is 4.34. The molecule has 4 atom stereocenters. The summed E-state index contributed by atoms with van der Waals surface area (Å²) >= 11 is 0. The number of carbonyl (C=O) groups excluding carboxylic acids is 2. The van der Waals surface area contributed by atoms with Crippen molar-refractivity contribution in [3.8, 4) is 0 Å². The van der Waals surface area contributed by atoms with Gasteiger partial charge in [-0.1, -0.05) is 13.8 Å². The maximum absolute atomic E-state index is 13.4. The van der Waals surface area contributed by atoms with Gasteiger partial charge in [-0.15, -0.1) is 0 Å². The van der Waals surface area contributed by atoms with Gasteiger partial charge in [-0.05, 0) is 38.5 Å². The molecule has 6 nitrogen and oxygen atoms in total. The van der Waals surface area contributed by atoms with Crippen LogP contribution in [0.15, 0.2) is 0 Å². The molecule has 3 fully saturated rings. The van der Waals surface area contributed by atoms with Gasteiger partial charge in [-0.3, -0.25) is 9.59 Å². The van der Waals surface area contributed by atoms with E-state index < -0.39 is 18.1 Å². The molecule has 8 heteroatoms. The number of ether oxygens (including phenoxy) is 2. The van der Waals surface area contributed by atoms with Crippen molar-refractivity contribution in [3.05, 3.63) is 0 Å². The number of amides is 2. The summed E-state index contributed by atoms with van der Waals surface area (Å²) in [6.45, 7) is 6.73. The zero-order chi connectivity index (χ0) is 21.2. The van der Waals surface area contributed by atoms with Gasteiger partial charge in [0.1, 0.15) is 6.04 Å². The third kappa shape index (κ3) is 5.87. The van der Waals surface area contributed by atoms with E-state index in [1.54, 1.807) is 25.7 Å². The van der Waals surface area contributed by atoms with E-state index in [1.807, 2.05) is 0 Å². The van der Waals surface area contributed by atoms with E-state index in [0.29, 0.717) is 32.5 Å². The highest BCUT2D eigenvalue weighted by Gasteiger charge is 2.40. The molecule has 1 saturated carbocycles. The van der Waals surface area contributed by atoms with E-state index in [9.17, 15) is 18.4 Å². The van der Waals surface area contributed by atoms with Crippen molar-refractivity contribution in [3.63, 3.8) is 0 Å². The Bertz CT molecular complexity index is 579. The van der Waals surface area contributed by atoms with E-state index >= 15 is 0 Å². The topological polar surface area (TPSA) is 67.9 Å². The van der Waals surface area contributed by atoms with Crippen LogP contribution in [0.4, 0.5) is 8.78 Å². The van der Waals surface area contributed by atoms with Crippen molar-refractivity contribution in [2.45, 2.75) is 89.6 Å². The monoisotopic (exact) mass is 416 g/mol. The molecular weight excluding hydrogens is 382 g/mol. The van der Waals surface area contributed by atoms with Crippen LogP contribution >= 0.6 is 0 Å². The van der Waals surface area contributed by atoms with Gasteiger partial charge in [0.15, 0.2) is 0 Å². The highest BCUT2D eigenvalue weighted by atomic mass is 19.3. The van der Waals surface area contributed by atoms with Gasteiger partial charge in [-0.25, -0.2) is 8.78 Å². The van der Waals surface area contributed by atoms with Gasteiger partial charge < -0.3 is 19.7 Å². The number of halogens is 2. The van der Waals surface area contributed by atoms with E-state index in [4.69, 9.17) is 9.47 Å². The number of alkyl halides is 2. The maximum Gasteiger partial charge on any atom is 0.248 e. The molecule has 0 radical (unpaired) electrons. The first-order valence-electron chi connectivity index (χ1n) is 10.9. The van der Waals surface area contributed by atoms with Crippen molar-refractivity contribution in [2.75, 3.05) is 19.7 Å². The normalized spacial score (nSPS) is 29.0. The Labute approximate surface area is 171 Å². The lowest BCUT2D eigenvalue weighted by Crippen LogP contribution is -2.58. The number of morpholine rings is 1. The zero-order valence-electron chi connectivity index (χ0n) is 17.7. The highest BCUT2D eigenvalue weighted by Crippen LogP contribution is 2.36. The van der Waals surface area contributed by atoms with Gasteiger partial charge >= 0.3 is 0 Å². The lowest BCUT2D eigenvalue weighted by atomic mass is 9.87. The van der Waals surface area contributed by atoms with Crippen molar-refractivity contribution < 1.29 is 27.8 Å². The number of carbonyl (C=O) groups is 2. The first kappa shape index (κ1) is 22.4. The number of hydrogen-bond donors (Lipinski definition) is 1. The smallest absolute Gasteiger partial charge is 0.248 e. The molecule has 0 spiro atoms. The summed E-state index contributed by atoms with van der Waals surface area (Å²) in [6, 6.07) is -0.785. The predicted molar refractivity (Wildman–Crippen MR) is 104 cm³/mol. The maximum atomic E-state index is 13.4. The molecule has 0 aromatic carbocycles. The van der Waals surface area contributed by atoms with E-state index in [2.05, 4.69) is 5.32 Å². The molecule has 2 bridgehead atoms. The number of nitrogens with one attached hydrogen (secondary N) is 1. The fraction of sp³-hybridized carbons (Fsp3) is 0.905. The molecule has 2 aliphatic heterocycles. The van der Waals surface area contributed by atoms with Crippen LogP contribution in [0, 0.1) is 11.8 Å². The van der Waals surface area contributed by atoms with Crippen molar-refractivity contribution in [1.29, 1.82) is 0 Å². The molecule has 1 aliphatic carbocycles. The minimum Gasteiger partial charge on any atom is -0.376 e. The molecule has 3 rings (SSSR count). The number of nitrogens with zero attached hydrogens (tertiary/aromatic N) is 1. The second kappa shape index (κ2) is 9.25. The Morgan fingerprint density at radius 2 is 1.69 bits per heavy atom. The summed E-state index contributed by atoms with van der Waals surface area (Å²) in [7, 11) is 0. The predicted octanol–water partition coefficient (Wildman–Crippen LogP) is 2.75. The fourth-order valence-corrected chi connectivity index (χ4v) is 4.34. The van der Waals surface area contributed by atoms with Crippen molar-refractivity contribution in [2.24, 2.45) is 11.8 Å². The SMILES string of the molecule is CC(C)C(=O)NC(C(=O)N1CC2CCC(C1)O2)C(C)OCC1CCC(F)(F)CC1. The van der Waals surface area contributed by atoms with E-state index in [1.165, 1.54) is 0 Å². The minimum absolute atomic E-state index is 0.0628. The molecule has 3 aliphatic rings. The van der Waals surface area contributed by atoms with Gasteiger partial charge in [0.25, 0.3) is 0 Å². The summed E-state index contributed by atoms with van der Waals surface area (Å²) in [5.74, 6) is -3.11. The van der Waals surface area contributed by atoms with Crippen LogP contribution in [0.5, 0.6) is 0 Å². The number of likely N-dealkylation sites (tertiary alicyclic amines) is 1.